The number of aldehydes is 1. The van der Waals surface area contributed by atoms with Gasteiger partial charge in [0.05, 0.1) is 41.0 Å². The third-order valence-corrected chi connectivity index (χ3v) is 8.41. The molecule has 0 N–H and O–H groups in total. The van der Waals surface area contributed by atoms with Crippen molar-refractivity contribution in [2.45, 2.75) is 30.8 Å². The second-order valence-corrected chi connectivity index (χ2v) is 10.2. The number of rotatable bonds is 8. The summed E-state index contributed by atoms with van der Waals surface area (Å²) in [7, 11) is -0.988. The van der Waals surface area contributed by atoms with Crippen LogP contribution in [-0.2, 0) is 23.4 Å². The highest BCUT2D eigenvalue weighted by Crippen LogP contribution is 2.62. The zero-order valence-electron chi connectivity index (χ0n) is 24.6. The van der Waals surface area contributed by atoms with Gasteiger partial charge in [-0.1, -0.05) is 91.0 Å². The number of benzene rings is 4. The Morgan fingerprint density at radius 1 is 0.923 bits per heavy atom. The Hall–Kier alpha value is -4.19. The molecular formula is C34H30N2O3. The van der Waals surface area contributed by atoms with Crippen LogP contribution >= 0.6 is 0 Å². The number of aromatic nitrogens is 1. The molecule has 4 aromatic carbocycles. The van der Waals surface area contributed by atoms with Gasteiger partial charge in [0.2, 0.25) is 0 Å². The highest BCUT2D eigenvalue weighted by Gasteiger charge is 2.65. The molecule has 5 aromatic rings. The van der Waals surface area contributed by atoms with Crippen LogP contribution in [0.1, 0.15) is 48.5 Å². The van der Waals surface area contributed by atoms with Crippen LogP contribution in [0, 0.1) is 0 Å². The molecule has 3 heterocycles. The molecule has 39 heavy (non-hydrogen) atoms. The Labute approximate surface area is 232 Å². The van der Waals surface area contributed by atoms with Crippen molar-refractivity contribution >= 4 is 17.2 Å². The fourth-order valence-electron chi connectivity index (χ4n) is 6.95. The molecule has 0 spiro atoms. The molecule has 0 bridgehead atoms. The van der Waals surface area contributed by atoms with Crippen molar-refractivity contribution in [1.29, 1.82) is 0 Å². The van der Waals surface area contributed by atoms with E-state index in [9.17, 15) is 4.79 Å². The second-order valence-electron chi connectivity index (χ2n) is 10.2. The number of carbonyl (C=O) groups excluding carboxylic acids is 1. The van der Waals surface area contributed by atoms with Gasteiger partial charge in [-0.15, -0.1) is 0 Å². The van der Waals surface area contributed by atoms with Gasteiger partial charge in [0, 0.05) is 35.8 Å². The zero-order chi connectivity index (χ0) is 29.1. The molecule has 0 aliphatic carbocycles. The second kappa shape index (κ2) is 9.23. The fourth-order valence-corrected chi connectivity index (χ4v) is 6.95. The molecule has 1 unspecified atom stereocenters. The minimum absolute atomic E-state index is 0.0161. The van der Waals surface area contributed by atoms with Crippen LogP contribution in [0.3, 0.4) is 0 Å². The van der Waals surface area contributed by atoms with Crippen molar-refractivity contribution in [1.82, 2.24) is 9.47 Å². The Kier molecular flexibility index (Phi) is 4.90. The van der Waals surface area contributed by atoms with Crippen molar-refractivity contribution in [3.63, 3.8) is 0 Å². The standard InChI is InChI=1S/C34H30N2O3/c1-38-22-27-31-28(18-23(21-37)19-30(31)39-2)35-20-29-33(32(27)35)36(29)34(24-12-6-3-7-13-24,25-14-8-4-9-15-25)26-16-10-5-11-17-26/h3-19,21,29,33H,20,22H2,1-2H3/t29-,33-,36?/m0/s1/i1D3. The monoisotopic (exact) mass is 517 g/mol. The summed E-state index contributed by atoms with van der Waals surface area (Å²) in [4.78, 5) is 14.4. The first kappa shape index (κ1) is 20.7. The zero-order valence-corrected chi connectivity index (χ0v) is 21.6. The van der Waals surface area contributed by atoms with Crippen molar-refractivity contribution in [2.24, 2.45) is 0 Å². The molecule has 1 saturated heterocycles. The molecule has 5 heteroatoms. The summed E-state index contributed by atoms with van der Waals surface area (Å²) in [5.74, 6) is 0.532. The Bertz CT molecular complexity index is 1670. The highest BCUT2D eigenvalue weighted by atomic mass is 16.5. The molecule has 5 nitrogen and oxygen atoms in total. The molecular weight excluding hydrogens is 484 g/mol. The molecule has 2 aliphatic rings. The third kappa shape index (κ3) is 3.37. The van der Waals surface area contributed by atoms with Crippen LogP contribution in [0.2, 0.25) is 0 Å². The van der Waals surface area contributed by atoms with Gasteiger partial charge < -0.3 is 14.0 Å². The van der Waals surface area contributed by atoms with E-state index >= 15 is 0 Å². The summed E-state index contributed by atoms with van der Waals surface area (Å²) in [6.45, 7) is 0.585. The van der Waals surface area contributed by atoms with Crippen molar-refractivity contribution in [3.8, 4) is 5.75 Å². The van der Waals surface area contributed by atoms with Crippen LogP contribution < -0.4 is 4.74 Å². The SMILES string of the molecule is [2H]C([2H])([2H])OCc1c2n(c3cc(C=O)cc(OC)c13)C[C@H]1[C@@H]2N1C(c1ccccc1)(c1ccccc1)c1ccccc1. The lowest BCUT2D eigenvalue weighted by Gasteiger charge is -2.39. The quantitative estimate of drug-likeness (QED) is 0.137. The van der Waals surface area contributed by atoms with Gasteiger partial charge in [-0.3, -0.25) is 9.69 Å². The number of methoxy groups -OCH3 is 2. The molecule has 3 atom stereocenters. The predicted molar refractivity (Wildman–Crippen MR) is 152 cm³/mol. The van der Waals surface area contributed by atoms with E-state index in [4.69, 9.17) is 13.6 Å². The van der Waals surface area contributed by atoms with E-state index in [-0.39, 0.29) is 18.7 Å². The van der Waals surface area contributed by atoms with E-state index in [0.29, 0.717) is 17.9 Å². The molecule has 2 aliphatic heterocycles. The molecule has 194 valence electrons. The number of hydrogen-bond acceptors (Lipinski definition) is 4. The maximum absolute atomic E-state index is 11.8. The van der Waals surface area contributed by atoms with E-state index in [1.54, 1.807) is 13.2 Å². The maximum Gasteiger partial charge on any atom is 0.150 e. The highest BCUT2D eigenvalue weighted by molar-refractivity contribution is 5.96. The average molecular weight is 518 g/mol. The van der Waals surface area contributed by atoms with Gasteiger partial charge in [0.15, 0.2) is 0 Å². The van der Waals surface area contributed by atoms with Gasteiger partial charge in [0.25, 0.3) is 0 Å². The Balaban J connectivity index is 1.48. The Morgan fingerprint density at radius 3 is 2.03 bits per heavy atom. The predicted octanol–water partition coefficient (Wildman–Crippen LogP) is 6.34. The smallest absolute Gasteiger partial charge is 0.150 e. The fraction of sp³-hybridized carbons (Fsp3) is 0.206. The normalized spacial score (nSPS) is 20.9. The molecule has 1 fully saturated rings. The third-order valence-electron chi connectivity index (χ3n) is 8.41. The average Bonchev–Trinajstić information content (AvgIpc) is 3.42. The maximum atomic E-state index is 11.8. The summed E-state index contributed by atoms with van der Waals surface area (Å²) < 4.78 is 36.7. The number of ether oxygens (including phenoxy) is 2. The largest absolute Gasteiger partial charge is 0.496 e. The number of nitrogens with zero attached hydrogens (tertiary/aromatic N) is 2. The summed E-state index contributed by atoms with van der Waals surface area (Å²) in [5.41, 5.74) is 6.02. The first-order valence-electron chi connectivity index (χ1n) is 14.7. The van der Waals surface area contributed by atoms with Crippen LogP contribution in [0.4, 0.5) is 0 Å². The number of fused-ring (bicyclic) bond motifs is 5. The van der Waals surface area contributed by atoms with Crippen LogP contribution in [-0.4, -0.2) is 35.9 Å². The van der Waals surface area contributed by atoms with Crippen molar-refractivity contribution in [3.05, 3.63) is 137 Å². The van der Waals surface area contributed by atoms with Crippen LogP contribution in [0.25, 0.3) is 10.9 Å². The van der Waals surface area contributed by atoms with Gasteiger partial charge in [-0.25, -0.2) is 0 Å². The van der Waals surface area contributed by atoms with E-state index in [0.717, 1.165) is 45.1 Å². The summed E-state index contributed by atoms with van der Waals surface area (Å²) in [6.07, 6.45) is 0.813. The van der Waals surface area contributed by atoms with Gasteiger partial charge in [-0.2, -0.15) is 0 Å². The van der Waals surface area contributed by atoms with E-state index in [1.807, 2.05) is 24.3 Å². The van der Waals surface area contributed by atoms with Crippen molar-refractivity contribution in [2.75, 3.05) is 14.1 Å². The summed E-state index contributed by atoms with van der Waals surface area (Å²) >= 11 is 0. The first-order valence-corrected chi connectivity index (χ1v) is 13.2. The first-order chi connectivity index (χ1) is 20.4. The minimum atomic E-state index is -2.56. The Morgan fingerprint density at radius 2 is 1.51 bits per heavy atom. The van der Waals surface area contributed by atoms with Crippen molar-refractivity contribution < 1.29 is 18.4 Å². The van der Waals surface area contributed by atoms with Gasteiger partial charge in [-0.05, 0) is 28.8 Å². The minimum Gasteiger partial charge on any atom is -0.496 e. The van der Waals surface area contributed by atoms with E-state index < -0.39 is 12.6 Å². The summed E-state index contributed by atoms with van der Waals surface area (Å²) in [5, 5.41) is 0.789. The molecule has 0 amide bonds. The lowest BCUT2D eigenvalue weighted by Crippen LogP contribution is -2.40. The molecule has 1 aromatic heterocycles. The lowest BCUT2D eigenvalue weighted by atomic mass is 9.76. The van der Waals surface area contributed by atoms with E-state index in [1.165, 1.54) is 0 Å². The van der Waals surface area contributed by atoms with E-state index in [2.05, 4.69) is 82.3 Å². The van der Waals surface area contributed by atoms with Gasteiger partial charge in [0.1, 0.15) is 12.0 Å². The molecule has 0 radical (unpaired) electrons. The van der Waals surface area contributed by atoms with Crippen LogP contribution in [0.5, 0.6) is 5.75 Å². The molecule has 0 saturated carbocycles. The number of carbonyl (C=O) groups is 1. The lowest BCUT2D eigenvalue weighted by molar-refractivity contribution is 0.112. The topological polar surface area (TPSA) is 43.5 Å². The molecule has 7 rings (SSSR count). The van der Waals surface area contributed by atoms with Gasteiger partial charge >= 0.3 is 0 Å². The number of hydrogen-bond donors (Lipinski definition) is 0. The van der Waals surface area contributed by atoms with Crippen LogP contribution in [0.15, 0.2) is 103 Å². The summed E-state index contributed by atoms with van der Waals surface area (Å²) in [6, 6.07) is 35.3.